The van der Waals surface area contributed by atoms with Gasteiger partial charge in [-0.05, 0) is 37.3 Å². The third-order valence-corrected chi connectivity index (χ3v) is 5.05. The first-order valence-corrected chi connectivity index (χ1v) is 9.64. The summed E-state index contributed by atoms with van der Waals surface area (Å²) in [4.78, 5) is 17.7. The number of hydrogen-bond donors (Lipinski definition) is 2. The molecule has 0 spiro atoms. The first kappa shape index (κ1) is 19.3. The summed E-state index contributed by atoms with van der Waals surface area (Å²) in [5, 5.41) is 3.61. The fourth-order valence-electron chi connectivity index (χ4n) is 3.64. The second kappa shape index (κ2) is 8.13. The molecular weight excluding hydrogens is 373 g/mol. The smallest absolute Gasteiger partial charge is 0.267 e. The lowest BCUT2D eigenvalue weighted by Gasteiger charge is -2.21. The van der Waals surface area contributed by atoms with Gasteiger partial charge in [-0.1, -0.05) is 6.07 Å². The van der Waals surface area contributed by atoms with E-state index in [0.717, 1.165) is 35.7 Å². The molecule has 1 atom stereocenters. The third-order valence-electron chi connectivity index (χ3n) is 5.05. The molecule has 4 rings (SSSR count). The topological polar surface area (TPSA) is 66.6 Å². The van der Waals surface area contributed by atoms with Crippen molar-refractivity contribution < 1.29 is 18.7 Å². The summed E-state index contributed by atoms with van der Waals surface area (Å²) in [5.41, 5.74) is 2.26. The van der Waals surface area contributed by atoms with Gasteiger partial charge in [0.2, 0.25) is 0 Å². The minimum atomic E-state index is -0.320. The lowest BCUT2D eigenvalue weighted by Crippen LogP contribution is -2.37. The standard InChI is InChI=1S/C22H24FN3O3/c1-14-12-26(13-15-3-5-18(28-2)11-21(15)29-14)8-7-24-22(27)20-10-16-9-17(23)4-6-19(16)25-20/h3-6,9-11,14,25H,7-8,12-13H2,1-2H3,(H,24,27)/t14-/m1/s1. The zero-order valence-electron chi connectivity index (χ0n) is 16.5. The molecule has 3 aromatic rings. The molecule has 0 bridgehead atoms. The molecule has 6 nitrogen and oxygen atoms in total. The van der Waals surface area contributed by atoms with Crippen molar-refractivity contribution >= 4 is 16.8 Å². The summed E-state index contributed by atoms with van der Waals surface area (Å²) in [6.07, 6.45) is 0.0302. The predicted octanol–water partition coefficient (Wildman–Crippen LogP) is 3.33. The van der Waals surface area contributed by atoms with E-state index in [1.54, 1.807) is 19.2 Å². The van der Waals surface area contributed by atoms with Crippen molar-refractivity contribution in [2.75, 3.05) is 26.7 Å². The van der Waals surface area contributed by atoms with Crippen LogP contribution in [0.15, 0.2) is 42.5 Å². The van der Waals surface area contributed by atoms with Crippen LogP contribution in [-0.4, -0.2) is 48.6 Å². The second-order valence-electron chi connectivity index (χ2n) is 7.31. The maximum Gasteiger partial charge on any atom is 0.267 e. The molecule has 0 aliphatic carbocycles. The maximum absolute atomic E-state index is 13.3. The van der Waals surface area contributed by atoms with Gasteiger partial charge in [0.1, 0.15) is 29.1 Å². The monoisotopic (exact) mass is 397 g/mol. The summed E-state index contributed by atoms with van der Waals surface area (Å²) in [5.74, 6) is 1.09. The van der Waals surface area contributed by atoms with Crippen LogP contribution in [0.3, 0.4) is 0 Å². The number of carbonyl (C=O) groups excluding carboxylic acids is 1. The van der Waals surface area contributed by atoms with E-state index < -0.39 is 0 Å². The fraction of sp³-hybridized carbons (Fsp3) is 0.318. The molecule has 29 heavy (non-hydrogen) atoms. The van der Waals surface area contributed by atoms with Crippen LogP contribution in [0.5, 0.6) is 11.5 Å². The summed E-state index contributed by atoms with van der Waals surface area (Å²) in [6.45, 7) is 4.73. The molecule has 2 N–H and O–H groups in total. The number of aromatic amines is 1. The molecule has 2 aromatic carbocycles. The molecule has 7 heteroatoms. The number of methoxy groups -OCH3 is 1. The van der Waals surface area contributed by atoms with Gasteiger partial charge in [-0.15, -0.1) is 0 Å². The van der Waals surface area contributed by atoms with Crippen molar-refractivity contribution in [1.29, 1.82) is 0 Å². The van der Waals surface area contributed by atoms with Crippen LogP contribution in [0.1, 0.15) is 23.0 Å². The molecule has 0 fully saturated rings. The average molecular weight is 397 g/mol. The highest BCUT2D eigenvalue weighted by molar-refractivity contribution is 5.97. The van der Waals surface area contributed by atoms with E-state index in [1.807, 2.05) is 25.1 Å². The third kappa shape index (κ3) is 4.35. The fourth-order valence-corrected chi connectivity index (χ4v) is 3.64. The van der Waals surface area contributed by atoms with Crippen LogP contribution in [0, 0.1) is 5.82 Å². The van der Waals surface area contributed by atoms with Gasteiger partial charge >= 0.3 is 0 Å². The molecular formula is C22H24FN3O3. The first-order chi connectivity index (χ1) is 14.0. The Morgan fingerprint density at radius 3 is 3.00 bits per heavy atom. The predicted molar refractivity (Wildman–Crippen MR) is 109 cm³/mol. The van der Waals surface area contributed by atoms with E-state index in [9.17, 15) is 9.18 Å². The van der Waals surface area contributed by atoms with Crippen LogP contribution in [0.2, 0.25) is 0 Å². The van der Waals surface area contributed by atoms with E-state index in [-0.39, 0.29) is 17.8 Å². The van der Waals surface area contributed by atoms with E-state index in [4.69, 9.17) is 9.47 Å². The number of carbonyl (C=O) groups is 1. The van der Waals surface area contributed by atoms with Crippen molar-refractivity contribution in [1.82, 2.24) is 15.2 Å². The highest BCUT2D eigenvalue weighted by Crippen LogP contribution is 2.29. The summed E-state index contributed by atoms with van der Waals surface area (Å²) >= 11 is 0. The van der Waals surface area contributed by atoms with Gasteiger partial charge in [0.25, 0.3) is 5.91 Å². The Morgan fingerprint density at radius 2 is 2.17 bits per heavy atom. The molecule has 0 saturated carbocycles. The van der Waals surface area contributed by atoms with Gasteiger partial charge in [-0.2, -0.15) is 0 Å². The highest BCUT2D eigenvalue weighted by Gasteiger charge is 2.20. The van der Waals surface area contributed by atoms with Crippen molar-refractivity contribution in [2.24, 2.45) is 0 Å². The zero-order valence-corrected chi connectivity index (χ0v) is 16.5. The maximum atomic E-state index is 13.3. The minimum absolute atomic E-state index is 0.0302. The summed E-state index contributed by atoms with van der Waals surface area (Å²) in [7, 11) is 1.64. The molecule has 0 unspecified atom stereocenters. The molecule has 1 aromatic heterocycles. The number of aromatic nitrogens is 1. The molecule has 0 saturated heterocycles. The zero-order chi connectivity index (χ0) is 20.4. The number of benzene rings is 2. The largest absolute Gasteiger partial charge is 0.497 e. The Balaban J connectivity index is 1.37. The molecule has 0 radical (unpaired) electrons. The van der Waals surface area contributed by atoms with Crippen LogP contribution in [0.4, 0.5) is 4.39 Å². The van der Waals surface area contributed by atoms with Gasteiger partial charge in [-0.25, -0.2) is 4.39 Å². The summed E-state index contributed by atoms with van der Waals surface area (Å²) in [6, 6.07) is 11.9. The number of rotatable bonds is 5. The van der Waals surface area contributed by atoms with Crippen LogP contribution in [0.25, 0.3) is 10.9 Å². The molecule has 152 valence electrons. The van der Waals surface area contributed by atoms with Crippen molar-refractivity contribution in [2.45, 2.75) is 19.6 Å². The van der Waals surface area contributed by atoms with E-state index in [2.05, 4.69) is 15.2 Å². The van der Waals surface area contributed by atoms with Gasteiger partial charge < -0.3 is 19.8 Å². The number of nitrogens with one attached hydrogen (secondary N) is 2. The summed E-state index contributed by atoms with van der Waals surface area (Å²) < 4.78 is 24.6. The van der Waals surface area contributed by atoms with Crippen LogP contribution >= 0.6 is 0 Å². The van der Waals surface area contributed by atoms with Crippen molar-refractivity contribution in [3.63, 3.8) is 0 Å². The Labute approximate surface area is 168 Å². The molecule has 1 aliphatic heterocycles. The molecule has 1 aliphatic rings. The Kier molecular flexibility index (Phi) is 5.40. The van der Waals surface area contributed by atoms with Crippen molar-refractivity contribution in [3.05, 3.63) is 59.5 Å². The van der Waals surface area contributed by atoms with Crippen LogP contribution < -0.4 is 14.8 Å². The number of ether oxygens (including phenoxy) is 2. The number of amides is 1. The first-order valence-electron chi connectivity index (χ1n) is 9.64. The van der Waals surface area contributed by atoms with E-state index in [1.165, 1.54) is 12.1 Å². The number of halogens is 1. The lowest BCUT2D eigenvalue weighted by atomic mass is 10.2. The van der Waals surface area contributed by atoms with Crippen LogP contribution in [-0.2, 0) is 6.54 Å². The van der Waals surface area contributed by atoms with E-state index >= 15 is 0 Å². The number of hydrogen-bond acceptors (Lipinski definition) is 4. The molecule has 2 heterocycles. The lowest BCUT2D eigenvalue weighted by molar-refractivity contribution is 0.0940. The van der Waals surface area contributed by atoms with Gasteiger partial charge in [0.05, 0.1) is 7.11 Å². The Bertz CT molecular complexity index is 1030. The quantitative estimate of drug-likeness (QED) is 0.693. The number of H-pyrrole nitrogens is 1. The molecule has 1 amide bonds. The highest BCUT2D eigenvalue weighted by atomic mass is 19.1. The second-order valence-corrected chi connectivity index (χ2v) is 7.31. The number of fused-ring (bicyclic) bond motifs is 2. The Morgan fingerprint density at radius 1 is 1.31 bits per heavy atom. The Hall–Kier alpha value is -3.06. The van der Waals surface area contributed by atoms with Gasteiger partial charge in [-0.3, -0.25) is 9.69 Å². The normalized spacial score (nSPS) is 16.7. The minimum Gasteiger partial charge on any atom is -0.497 e. The van der Waals surface area contributed by atoms with Gasteiger partial charge in [0.15, 0.2) is 0 Å². The van der Waals surface area contributed by atoms with Crippen molar-refractivity contribution in [3.8, 4) is 11.5 Å². The van der Waals surface area contributed by atoms with E-state index in [0.29, 0.717) is 24.2 Å². The number of nitrogens with zero attached hydrogens (tertiary/aromatic N) is 1. The SMILES string of the molecule is COc1ccc2c(c1)O[C@H](C)CN(CCNC(=O)c1cc3cc(F)ccc3[nH]1)C2. The van der Waals surface area contributed by atoms with Gasteiger partial charge in [0, 0.05) is 48.7 Å². The average Bonchev–Trinajstić information content (AvgIpc) is 3.04.